The standard InChI is InChI=1S/C16H29N3O/c1-4-15(5-2)19-11-8-14(17-19)12-18(3)13-16(20)9-6-7-10-16/h8,11,15,20H,4-7,9-10,12-13H2,1-3H3. The van der Waals surface area contributed by atoms with Crippen LogP contribution in [0.2, 0.25) is 0 Å². The highest BCUT2D eigenvalue weighted by atomic mass is 16.3. The lowest BCUT2D eigenvalue weighted by Crippen LogP contribution is -2.38. The van der Waals surface area contributed by atoms with Crippen LogP contribution in [0.4, 0.5) is 0 Å². The maximum Gasteiger partial charge on any atom is 0.0774 e. The minimum absolute atomic E-state index is 0.466. The van der Waals surface area contributed by atoms with Crippen molar-refractivity contribution in [2.45, 2.75) is 70.6 Å². The maximum absolute atomic E-state index is 10.4. The Kier molecular flexibility index (Phi) is 5.22. The van der Waals surface area contributed by atoms with E-state index in [1.807, 2.05) is 0 Å². The van der Waals surface area contributed by atoms with Crippen LogP contribution < -0.4 is 0 Å². The fraction of sp³-hybridized carbons (Fsp3) is 0.812. The maximum atomic E-state index is 10.4. The Hall–Kier alpha value is -0.870. The first-order chi connectivity index (χ1) is 9.56. The van der Waals surface area contributed by atoms with Crippen LogP contribution in [0.5, 0.6) is 0 Å². The molecule has 20 heavy (non-hydrogen) atoms. The second-order valence-electron chi connectivity index (χ2n) is 6.36. The zero-order chi connectivity index (χ0) is 14.6. The van der Waals surface area contributed by atoms with Crippen molar-refractivity contribution < 1.29 is 5.11 Å². The molecule has 0 atom stereocenters. The Balaban J connectivity index is 1.89. The number of likely N-dealkylation sites (N-methyl/N-ethyl adjacent to an activating group) is 1. The summed E-state index contributed by atoms with van der Waals surface area (Å²) in [6.07, 6.45) is 8.53. The van der Waals surface area contributed by atoms with E-state index in [1.165, 1.54) is 0 Å². The van der Waals surface area contributed by atoms with Crippen molar-refractivity contribution >= 4 is 0 Å². The van der Waals surface area contributed by atoms with Crippen LogP contribution in [0, 0.1) is 0 Å². The van der Waals surface area contributed by atoms with Gasteiger partial charge in [-0.2, -0.15) is 5.10 Å². The average Bonchev–Trinajstić information content (AvgIpc) is 3.01. The lowest BCUT2D eigenvalue weighted by atomic mass is 10.0. The molecule has 0 bridgehead atoms. The molecule has 0 radical (unpaired) electrons. The molecule has 4 nitrogen and oxygen atoms in total. The minimum Gasteiger partial charge on any atom is -0.389 e. The third-order valence-corrected chi connectivity index (χ3v) is 4.51. The van der Waals surface area contributed by atoms with Gasteiger partial charge in [0.2, 0.25) is 0 Å². The topological polar surface area (TPSA) is 41.3 Å². The van der Waals surface area contributed by atoms with Crippen LogP contribution in [0.25, 0.3) is 0 Å². The first-order valence-electron chi connectivity index (χ1n) is 8.01. The van der Waals surface area contributed by atoms with Gasteiger partial charge < -0.3 is 5.11 Å². The summed E-state index contributed by atoms with van der Waals surface area (Å²) in [7, 11) is 2.08. The summed E-state index contributed by atoms with van der Waals surface area (Å²) in [6.45, 7) is 5.98. The van der Waals surface area contributed by atoms with Crippen molar-refractivity contribution in [2.24, 2.45) is 0 Å². The van der Waals surface area contributed by atoms with Crippen LogP contribution in [0.1, 0.15) is 64.1 Å². The lowest BCUT2D eigenvalue weighted by Gasteiger charge is -2.28. The summed E-state index contributed by atoms with van der Waals surface area (Å²) in [4.78, 5) is 2.20. The molecule has 0 aliphatic heterocycles. The molecule has 1 heterocycles. The molecule has 0 spiro atoms. The van der Waals surface area contributed by atoms with E-state index in [-0.39, 0.29) is 0 Å². The fourth-order valence-corrected chi connectivity index (χ4v) is 3.35. The number of nitrogens with zero attached hydrogens (tertiary/aromatic N) is 3. The average molecular weight is 279 g/mol. The van der Waals surface area contributed by atoms with E-state index >= 15 is 0 Å². The van der Waals surface area contributed by atoms with Gasteiger partial charge in [-0.05, 0) is 38.8 Å². The van der Waals surface area contributed by atoms with Gasteiger partial charge >= 0.3 is 0 Å². The molecule has 1 N–H and O–H groups in total. The van der Waals surface area contributed by atoms with Crippen molar-refractivity contribution in [3.05, 3.63) is 18.0 Å². The van der Waals surface area contributed by atoms with Crippen LogP contribution in [-0.2, 0) is 6.54 Å². The molecule has 1 aliphatic rings. The van der Waals surface area contributed by atoms with Gasteiger partial charge in [-0.25, -0.2) is 0 Å². The lowest BCUT2D eigenvalue weighted by molar-refractivity contribution is 0.0142. The molecule has 2 rings (SSSR count). The predicted octanol–water partition coefficient (Wildman–Crippen LogP) is 2.98. The Morgan fingerprint density at radius 3 is 2.60 bits per heavy atom. The summed E-state index contributed by atoms with van der Waals surface area (Å²) in [5, 5.41) is 15.1. The zero-order valence-electron chi connectivity index (χ0n) is 13.2. The fourth-order valence-electron chi connectivity index (χ4n) is 3.35. The summed E-state index contributed by atoms with van der Waals surface area (Å²) >= 11 is 0. The molecule has 0 saturated heterocycles. The second kappa shape index (κ2) is 6.72. The van der Waals surface area contributed by atoms with Gasteiger partial charge in [0.15, 0.2) is 0 Å². The molecule has 4 heteroatoms. The number of hydrogen-bond acceptors (Lipinski definition) is 3. The van der Waals surface area contributed by atoms with Gasteiger partial charge in [0.05, 0.1) is 17.3 Å². The van der Waals surface area contributed by atoms with Crippen LogP contribution in [-0.4, -0.2) is 39.0 Å². The van der Waals surface area contributed by atoms with E-state index in [2.05, 4.69) is 47.8 Å². The van der Waals surface area contributed by atoms with E-state index in [9.17, 15) is 5.11 Å². The highest BCUT2D eigenvalue weighted by Gasteiger charge is 2.32. The van der Waals surface area contributed by atoms with Gasteiger partial charge in [0.25, 0.3) is 0 Å². The van der Waals surface area contributed by atoms with E-state index < -0.39 is 5.60 Å². The third kappa shape index (κ3) is 3.83. The SMILES string of the molecule is CCC(CC)n1ccc(CN(C)CC2(O)CCCC2)n1. The monoisotopic (exact) mass is 279 g/mol. The van der Waals surface area contributed by atoms with Crippen molar-refractivity contribution in [3.63, 3.8) is 0 Å². The highest BCUT2D eigenvalue weighted by molar-refractivity contribution is 5.00. The molecule has 114 valence electrons. The number of aliphatic hydroxyl groups is 1. The zero-order valence-corrected chi connectivity index (χ0v) is 13.2. The Labute approximate surface area is 122 Å². The minimum atomic E-state index is -0.466. The number of rotatable bonds is 7. The quantitative estimate of drug-likeness (QED) is 0.834. The summed E-state index contributed by atoms with van der Waals surface area (Å²) in [5.41, 5.74) is 0.633. The van der Waals surface area contributed by atoms with E-state index in [1.54, 1.807) is 0 Å². The van der Waals surface area contributed by atoms with E-state index in [0.717, 1.165) is 57.3 Å². The molecule has 1 aliphatic carbocycles. The van der Waals surface area contributed by atoms with Gasteiger partial charge in [0.1, 0.15) is 0 Å². The van der Waals surface area contributed by atoms with Crippen molar-refractivity contribution in [1.29, 1.82) is 0 Å². The summed E-state index contributed by atoms with van der Waals surface area (Å²) in [5.74, 6) is 0. The van der Waals surface area contributed by atoms with Crippen LogP contribution >= 0.6 is 0 Å². The Morgan fingerprint density at radius 2 is 2.00 bits per heavy atom. The molecule has 1 fully saturated rings. The summed E-state index contributed by atoms with van der Waals surface area (Å²) < 4.78 is 2.09. The van der Waals surface area contributed by atoms with Crippen molar-refractivity contribution in [3.8, 4) is 0 Å². The molecular formula is C16H29N3O. The highest BCUT2D eigenvalue weighted by Crippen LogP contribution is 2.30. The molecule has 1 aromatic heterocycles. The van der Waals surface area contributed by atoms with Crippen LogP contribution in [0.15, 0.2) is 12.3 Å². The molecule has 0 amide bonds. The van der Waals surface area contributed by atoms with Gasteiger partial charge in [-0.3, -0.25) is 9.58 Å². The van der Waals surface area contributed by atoms with Crippen LogP contribution in [0.3, 0.4) is 0 Å². The molecule has 1 saturated carbocycles. The predicted molar refractivity (Wildman–Crippen MR) is 81.6 cm³/mol. The van der Waals surface area contributed by atoms with Crippen molar-refractivity contribution in [1.82, 2.24) is 14.7 Å². The summed E-state index contributed by atoms with van der Waals surface area (Å²) in [6, 6.07) is 2.61. The van der Waals surface area contributed by atoms with Gasteiger partial charge in [0, 0.05) is 19.3 Å². The normalized spacial score (nSPS) is 18.3. The first-order valence-corrected chi connectivity index (χ1v) is 8.01. The van der Waals surface area contributed by atoms with Gasteiger partial charge in [-0.1, -0.05) is 26.7 Å². The molecule has 0 unspecified atom stereocenters. The van der Waals surface area contributed by atoms with Crippen molar-refractivity contribution in [2.75, 3.05) is 13.6 Å². The van der Waals surface area contributed by atoms with E-state index in [4.69, 9.17) is 0 Å². The Bertz CT molecular complexity index is 406. The largest absolute Gasteiger partial charge is 0.389 e. The molecular weight excluding hydrogens is 250 g/mol. The third-order valence-electron chi connectivity index (χ3n) is 4.51. The van der Waals surface area contributed by atoms with Gasteiger partial charge in [-0.15, -0.1) is 0 Å². The number of aromatic nitrogens is 2. The molecule has 0 aromatic carbocycles. The van der Waals surface area contributed by atoms with E-state index in [0.29, 0.717) is 6.04 Å². The smallest absolute Gasteiger partial charge is 0.0774 e. The molecule has 1 aromatic rings. The first kappa shape index (κ1) is 15.5. The Morgan fingerprint density at radius 1 is 1.35 bits per heavy atom. The number of hydrogen-bond donors (Lipinski definition) is 1. The second-order valence-corrected chi connectivity index (χ2v) is 6.36.